The van der Waals surface area contributed by atoms with E-state index in [9.17, 15) is 21.6 Å². The van der Waals surface area contributed by atoms with Gasteiger partial charge in [-0.3, -0.25) is 4.79 Å². The highest BCUT2D eigenvalue weighted by Gasteiger charge is 2.24. The van der Waals surface area contributed by atoms with Crippen LogP contribution < -0.4 is 10.5 Å². The van der Waals surface area contributed by atoms with E-state index in [1.54, 1.807) is 0 Å². The Morgan fingerprint density at radius 3 is 2.52 bits per heavy atom. The Morgan fingerprint density at radius 1 is 1.33 bits per heavy atom. The summed E-state index contributed by atoms with van der Waals surface area (Å²) in [5, 5.41) is 8.55. The summed E-state index contributed by atoms with van der Waals surface area (Å²) in [7, 11) is -7.23. The van der Waals surface area contributed by atoms with Crippen molar-refractivity contribution in [1.82, 2.24) is 5.32 Å². The molecule has 0 aliphatic carbocycles. The van der Waals surface area contributed by atoms with Crippen molar-refractivity contribution >= 4 is 41.7 Å². The number of carbonyl (C=O) groups excluding carboxylic acids is 1. The Balaban J connectivity index is 2.25. The number of amides is 1. The molecule has 0 saturated heterocycles. The van der Waals surface area contributed by atoms with Gasteiger partial charge in [0.05, 0.1) is 16.7 Å². The topological polar surface area (TPSA) is 123 Å². The van der Waals surface area contributed by atoms with E-state index in [0.29, 0.717) is 4.47 Å². The number of nitrogens with two attached hydrogens (primary N) is 1. The lowest BCUT2D eigenvalue weighted by Crippen LogP contribution is -2.35. The van der Waals surface area contributed by atoms with Gasteiger partial charge in [0.2, 0.25) is 10.0 Å². The van der Waals surface area contributed by atoms with Crippen LogP contribution in [0.5, 0.6) is 0 Å². The van der Waals surface area contributed by atoms with Gasteiger partial charge < -0.3 is 5.32 Å². The van der Waals surface area contributed by atoms with Crippen LogP contribution in [0.4, 0.5) is 0 Å². The highest BCUT2D eigenvalue weighted by Crippen LogP contribution is 2.19. The monoisotopic (exact) mass is 394 g/mol. The Morgan fingerprint density at radius 2 is 2.00 bits per heavy atom. The molecule has 0 bridgehead atoms. The molecule has 0 spiro atoms. The summed E-state index contributed by atoms with van der Waals surface area (Å²) in [5.74, 6) is -0.803. The lowest BCUT2D eigenvalue weighted by molar-refractivity contribution is 0.0947. The maximum absolute atomic E-state index is 12.0. The van der Waals surface area contributed by atoms with Gasteiger partial charge in [0.15, 0.2) is 9.84 Å². The molecule has 114 valence electrons. The van der Waals surface area contributed by atoms with Crippen molar-refractivity contribution in [2.45, 2.75) is 10.9 Å². The molecule has 21 heavy (non-hydrogen) atoms. The van der Waals surface area contributed by atoms with Crippen molar-refractivity contribution in [2.75, 3.05) is 5.75 Å². The van der Waals surface area contributed by atoms with Gasteiger partial charge in [-0.05, 0) is 24.3 Å². The first-order valence-corrected chi connectivity index (χ1v) is 9.67. The van der Waals surface area contributed by atoms with Crippen molar-refractivity contribution in [2.24, 2.45) is 5.14 Å². The molecule has 1 aliphatic heterocycles. The van der Waals surface area contributed by atoms with Crippen LogP contribution in [0, 0.1) is 0 Å². The standard InChI is InChI=1S/C11H11BrN2O5S2/c12-8-3-7(4-10(5-8)21(13,18)19)11(15)14-9-1-2-20(16,17)6-9/h1-5,9H,6H2,(H,14,15)(H2,13,18,19). The molecule has 3 N–H and O–H groups in total. The van der Waals surface area contributed by atoms with Gasteiger partial charge in [0, 0.05) is 15.4 Å². The van der Waals surface area contributed by atoms with E-state index < -0.39 is 31.8 Å². The van der Waals surface area contributed by atoms with Crippen LogP contribution in [0.15, 0.2) is 39.1 Å². The van der Waals surface area contributed by atoms with Crippen LogP contribution in [-0.2, 0) is 19.9 Å². The Labute approximate surface area is 130 Å². The average molecular weight is 395 g/mol. The largest absolute Gasteiger partial charge is 0.345 e. The Bertz CT molecular complexity index is 830. The van der Waals surface area contributed by atoms with Crippen molar-refractivity contribution < 1.29 is 21.6 Å². The van der Waals surface area contributed by atoms with Gasteiger partial charge in [0.25, 0.3) is 5.91 Å². The van der Waals surface area contributed by atoms with Gasteiger partial charge in [-0.2, -0.15) is 0 Å². The summed E-state index contributed by atoms with van der Waals surface area (Å²) in [6.07, 6.45) is 1.37. The van der Waals surface area contributed by atoms with Gasteiger partial charge >= 0.3 is 0 Å². The first kappa shape index (κ1) is 16.1. The molecule has 1 amide bonds. The summed E-state index contributed by atoms with van der Waals surface area (Å²) in [4.78, 5) is 11.8. The first-order chi connectivity index (χ1) is 9.57. The lowest BCUT2D eigenvalue weighted by Gasteiger charge is -2.11. The van der Waals surface area contributed by atoms with E-state index >= 15 is 0 Å². The molecule has 10 heteroatoms. The van der Waals surface area contributed by atoms with Crippen LogP contribution >= 0.6 is 15.9 Å². The van der Waals surface area contributed by atoms with Crippen LogP contribution in [-0.4, -0.2) is 34.5 Å². The molecule has 1 atom stereocenters. The van der Waals surface area contributed by atoms with Crippen LogP contribution in [0.2, 0.25) is 0 Å². The molecule has 1 aliphatic rings. The molecular formula is C11H11BrN2O5S2. The molecule has 0 aromatic heterocycles. The third-order valence-corrected chi connectivity index (χ3v) is 5.45. The number of carbonyl (C=O) groups is 1. The SMILES string of the molecule is NS(=O)(=O)c1cc(Br)cc(C(=O)NC2C=CS(=O)(=O)C2)c1. The Hall–Kier alpha value is -1.23. The number of primary sulfonamides is 1. The summed E-state index contributed by atoms with van der Waals surface area (Å²) >= 11 is 3.09. The molecule has 7 nitrogen and oxygen atoms in total. The lowest BCUT2D eigenvalue weighted by atomic mass is 10.2. The predicted molar refractivity (Wildman–Crippen MR) is 79.7 cm³/mol. The predicted octanol–water partition coefficient (Wildman–Crippen LogP) is 0.137. The van der Waals surface area contributed by atoms with E-state index in [0.717, 1.165) is 11.5 Å². The number of rotatable bonds is 3. The quantitative estimate of drug-likeness (QED) is 0.754. The van der Waals surface area contributed by atoms with Crippen LogP contribution in [0.25, 0.3) is 0 Å². The van der Waals surface area contributed by atoms with Crippen LogP contribution in [0.1, 0.15) is 10.4 Å². The fraction of sp³-hybridized carbons (Fsp3) is 0.182. The van der Waals surface area contributed by atoms with Crippen molar-refractivity contribution in [3.05, 3.63) is 39.7 Å². The van der Waals surface area contributed by atoms with E-state index in [1.807, 2.05) is 0 Å². The highest BCUT2D eigenvalue weighted by molar-refractivity contribution is 9.10. The van der Waals surface area contributed by atoms with Crippen molar-refractivity contribution in [3.8, 4) is 0 Å². The van der Waals surface area contributed by atoms with E-state index in [-0.39, 0.29) is 16.2 Å². The molecule has 2 rings (SSSR count). The van der Waals surface area contributed by atoms with Crippen LogP contribution in [0.3, 0.4) is 0 Å². The minimum atomic E-state index is -3.95. The molecule has 1 aromatic carbocycles. The molecule has 1 unspecified atom stereocenters. The maximum atomic E-state index is 12.0. The second kappa shape index (κ2) is 5.52. The summed E-state index contributed by atoms with van der Waals surface area (Å²) in [6.45, 7) is 0. The molecule has 0 radical (unpaired) electrons. The Kier molecular flexibility index (Phi) is 4.24. The van der Waals surface area contributed by atoms with E-state index in [4.69, 9.17) is 5.14 Å². The van der Waals surface area contributed by atoms with Crippen molar-refractivity contribution in [3.63, 3.8) is 0 Å². The second-order valence-corrected chi connectivity index (χ2v) is 8.87. The fourth-order valence-electron chi connectivity index (χ4n) is 1.78. The number of hydrogen-bond donors (Lipinski definition) is 2. The third kappa shape index (κ3) is 4.13. The second-order valence-electron chi connectivity index (χ2n) is 4.46. The van der Waals surface area contributed by atoms with E-state index in [2.05, 4.69) is 21.2 Å². The number of halogens is 1. The number of hydrogen-bond acceptors (Lipinski definition) is 5. The minimum Gasteiger partial charge on any atom is -0.345 e. The maximum Gasteiger partial charge on any atom is 0.251 e. The minimum absolute atomic E-state index is 0.0612. The molecular weight excluding hydrogens is 384 g/mol. The van der Waals surface area contributed by atoms with E-state index in [1.165, 1.54) is 18.2 Å². The zero-order valence-corrected chi connectivity index (χ0v) is 13.7. The summed E-state index contributed by atoms with van der Waals surface area (Å²) in [5.41, 5.74) is 0.0612. The summed E-state index contributed by atoms with van der Waals surface area (Å²) in [6, 6.07) is 3.17. The van der Waals surface area contributed by atoms with Gasteiger partial charge in [0.1, 0.15) is 0 Å². The van der Waals surface area contributed by atoms with Gasteiger partial charge in [-0.1, -0.05) is 15.9 Å². The fourth-order valence-corrected chi connectivity index (χ4v) is 4.24. The first-order valence-electron chi connectivity index (χ1n) is 5.62. The smallest absolute Gasteiger partial charge is 0.251 e. The molecule has 1 heterocycles. The van der Waals surface area contributed by atoms with Crippen molar-refractivity contribution in [1.29, 1.82) is 0 Å². The molecule has 0 fully saturated rings. The number of nitrogens with one attached hydrogen (secondary N) is 1. The number of sulfone groups is 1. The normalized spacial score (nSPS) is 20.4. The zero-order chi connectivity index (χ0) is 15.8. The van der Waals surface area contributed by atoms with Gasteiger partial charge in [-0.15, -0.1) is 0 Å². The number of sulfonamides is 1. The average Bonchev–Trinajstić information content (AvgIpc) is 2.66. The zero-order valence-electron chi connectivity index (χ0n) is 10.5. The molecule has 1 aromatic rings. The van der Waals surface area contributed by atoms with Gasteiger partial charge in [-0.25, -0.2) is 22.0 Å². The number of benzene rings is 1. The highest BCUT2D eigenvalue weighted by atomic mass is 79.9. The third-order valence-electron chi connectivity index (χ3n) is 2.71. The molecule has 0 saturated carbocycles. The summed E-state index contributed by atoms with van der Waals surface area (Å²) < 4.78 is 45.5.